The molecule has 2 heteroatoms. The minimum absolute atomic E-state index is 0.311. The van der Waals surface area contributed by atoms with E-state index in [0.29, 0.717) is 10.8 Å². The lowest BCUT2D eigenvalue weighted by molar-refractivity contribution is -0.353. The molecule has 0 N–H and O–H groups in total. The van der Waals surface area contributed by atoms with Gasteiger partial charge in [-0.2, -0.15) is 0 Å². The Morgan fingerprint density at radius 3 is 1.79 bits per heavy atom. The number of hydrogen-bond acceptors (Lipinski definition) is 0. The molecular weight excluding hydrogens is 215 g/mol. The smallest absolute Gasteiger partial charge is 0.101 e. The number of halogens is 2. The van der Waals surface area contributed by atoms with Gasteiger partial charge < -0.3 is 0 Å². The van der Waals surface area contributed by atoms with Crippen LogP contribution in [0.3, 0.4) is 0 Å². The van der Waals surface area contributed by atoms with E-state index in [-0.39, 0.29) is 0 Å². The zero-order valence-electron chi connectivity index (χ0n) is 8.58. The highest BCUT2D eigenvalue weighted by Crippen LogP contribution is 2.91. The van der Waals surface area contributed by atoms with E-state index in [4.69, 9.17) is 23.2 Å². The molecule has 0 unspecified atom stereocenters. The molecule has 0 aromatic carbocycles. The monoisotopic (exact) mass is 230 g/mol. The average Bonchev–Trinajstić information content (AvgIpc) is 1.59. The summed E-state index contributed by atoms with van der Waals surface area (Å²) in [6, 6.07) is 0. The summed E-state index contributed by atoms with van der Waals surface area (Å²) in [6.07, 6.45) is 8.59. The van der Waals surface area contributed by atoms with Gasteiger partial charge in [0.2, 0.25) is 0 Å². The molecule has 0 spiro atoms. The van der Waals surface area contributed by atoms with Crippen molar-refractivity contribution in [1.29, 1.82) is 0 Å². The molecule has 6 rings (SSSR count). The second kappa shape index (κ2) is 1.91. The van der Waals surface area contributed by atoms with Crippen LogP contribution in [-0.2, 0) is 0 Å². The van der Waals surface area contributed by atoms with Crippen molar-refractivity contribution in [1.82, 2.24) is 0 Å². The summed E-state index contributed by atoms with van der Waals surface area (Å²) in [5.74, 6) is 1.11. The van der Waals surface area contributed by atoms with Gasteiger partial charge in [-0.05, 0) is 62.2 Å². The molecule has 0 aliphatic heterocycles. The molecule has 0 heterocycles. The molecule has 6 saturated carbocycles. The van der Waals surface area contributed by atoms with Crippen LogP contribution in [0.15, 0.2) is 0 Å². The van der Waals surface area contributed by atoms with Crippen molar-refractivity contribution >= 4 is 23.2 Å². The Hall–Kier alpha value is 0.580. The van der Waals surface area contributed by atoms with Crippen molar-refractivity contribution in [2.45, 2.75) is 49.8 Å². The molecule has 6 aliphatic carbocycles. The predicted octanol–water partition coefficient (Wildman–Crippen LogP) is 4.15. The summed E-state index contributed by atoms with van der Waals surface area (Å²) in [5, 5.41) is 0. The highest BCUT2D eigenvalue weighted by Gasteiger charge is 2.83. The lowest BCUT2D eigenvalue weighted by Crippen LogP contribution is -2.78. The van der Waals surface area contributed by atoms with E-state index >= 15 is 0 Å². The predicted molar refractivity (Wildman–Crippen MR) is 58.6 cm³/mol. The first-order valence-electron chi connectivity index (χ1n) is 5.78. The topological polar surface area (TPSA) is 0 Å². The van der Waals surface area contributed by atoms with Gasteiger partial charge in [0.15, 0.2) is 0 Å². The van der Waals surface area contributed by atoms with Crippen molar-refractivity contribution in [3.63, 3.8) is 0 Å². The van der Waals surface area contributed by atoms with Crippen LogP contribution >= 0.6 is 23.2 Å². The third kappa shape index (κ3) is 0.634. The number of hydrogen-bond donors (Lipinski definition) is 0. The SMILES string of the molecule is CC(Cl)(Cl)C12CC(C34CC(C3)C4)(C1)C2. The third-order valence-corrected chi connectivity index (χ3v) is 6.93. The summed E-state index contributed by atoms with van der Waals surface area (Å²) in [4.78, 5) is 0. The maximum Gasteiger partial charge on any atom is 0.121 e. The Bertz CT molecular complexity index is 289. The van der Waals surface area contributed by atoms with Gasteiger partial charge in [-0.3, -0.25) is 0 Å². The molecular formula is C12H16Cl2. The van der Waals surface area contributed by atoms with Crippen LogP contribution in [0.2, 0.25) is 0 Å². The molecule has 0 radical (unpaired) electrons. The van der Waals surface area contributed by atoms with Crippen molar-refractivity contribution in [3.05, 3.63) is 0 Å². The molecule has 0 aromatic heterocycles. The zero-order chi connectivity index (χ0) is 9.82. The third-order valence-electron chi connectivity index (χ3n) is 6.12. The van der Waals surface area contributed by atoms with E-state index in [1.165, 1.54) is 38.5 Å². The van der Waals surface area contributed by atoms with Crippen LogP contribution in [0.1, 0.15) is 45.4 Å². The first-order chi connectivity index (χ1) is 6.41. The normalized spacial score (nSPS) is 63.2. The zero-order valence-corrected chi connectivity index (χ0v) is 10.1. The van der Waals surface area contributed by atoms with Gasteiger partial charge in [-0.15, -0.1) is 23.2 Å². The Labute approximate surface area is 95.3 Å². The second-order valence-corrected chi connectivity index (χ2v) is 8.44. The minimum Gasteiger partial charge on any atom is -0.101 e. The molecule has 6 fully saturated rings. The fraction of sp³-hybridized carbons (Fsp3) is 1.00. The average molecular weight is 231 g/mol. The molecule has 4 bridgehead atoms. The standard InChI is InChI=1S/C12H16Cl2/c1-9(13,14)11-5-12(6-11,7-11)10-2-8(3-10)4-10/h8H,2-7H2,1H3. The van der Waals surface area contributed by atoms with Gasteiger partial charge in [-0.25, -0.2) is 0 Å². The molecule has 0 nitrogen and oxygen atoms in total. The summed E-state index contributed by atoms with van der Waals surface area (Å²) in [5.41, 5.74) is 1.82. The number of alkyl halides is 2. The lowest BCUT2D eigenvalue weighted by Gasteiger charge is -2.86. The fourth-order valence-electron chi connectivity index (χ4n) is 4.94. The maximum atomic E-state index is 6.27. The molecule has 0 atom stereocenters. The molecule has 14 heavy (non-hydrogen) atoms. The largest absolute Gasteiger partial charge is 0.121 e. The minimum atomic E-state index is -0.474. The van der Waals surface area contributed by atoms with E-state index in [1.807, 2.05) is 6.92 Å². The van der Waals surface area contributed by atoms with Gasteiger partial charge in [0.1, 0.15) is 4.33 Å². The Balaban J connectivity index is 1.56. The summed E-state index contributed by atoms with van der Waals surface area (Å²) < 4.78 is -0.474. The van der Waals surface area contributed by atoms with E-state index in [2.05, 4.69) is 0 Å². The lowest BCUT2D eigenvalue weighted by atomic mass is 9.19. The van der Waals surface area contributed by atoms with Crippen molar-refractivity contribution in [3.8, 4) is 0 Å². The van der Waals surface area contributed by atoms with Gasteiger partial charge in [-0.1, -0.05) is 0 Å². The van der Waals surface area contributed by atoms with Crippen molar-refractivity contribution in [2.24, 2.45) is 22.2 Å². The Morgan fingerprint density at radius 2 is 1.50 bits per heavy atom. The molecule has 0 aromatic rings. The van der Waals surface area contributed by atoms with Crippen LogP contribution in [0, 0.1) is 22.2 Å². The molecule has 6 aliphatic rings. The van der Waals surface area contributed by atoms with Crippen LogP contribution < -0.4 is 0 Å². The molecule has 0 saturated heterocycles. The van der Waals surface area contributed by atoms with Gasteiger partial charge in [0, 0.05) is 5.41 Å². The van der Waals surface area contributed by atoms with Crippen LogP contribution in [-0.4, -0.2) is 4.33 Å². The highest BCUT2D eigenvalue weighted by atomic mass is 35.5. The van der Waals surface area contributed by atoms with Crippen LogP contribution in [0.25, 0.3) is 0 Å². The van der Waals surface area contributed by atoms with Crippen molar-refractivity contribution in [2.75, 3.05) is 0 Å². The van der Waals surface area contributed by atoms with Gasteiger partial charge in [0.25, 0.3) is 0 Å². The molecule has 0 amide bonds. The summed E-state index contributed by atoms with van der Waals surface area (Å²) in [7, 11) is 0. The van der Waals surface area contributed by atoms with Crippen LogP contribution in [0.5, 0.6) is 0 Å². The van der Waals surface area contributed by atoms with E-state index in [1.54, 1.807) is 0 Å². The Kier molecular flexibility index (Phi) is 1.18. The molecule has 78 valence electrons. The van der Waals surface area contributed by atoms with E-state index in [0.717, 1.165) is 11.3 Å². The quantitative estimate of drug-likeness (QED) is 0.626. The maximum absolute atomic E-state index is 6.27. The second-order valence-electron chi connectivity index (χ2n) is 6.74. The van der Waals surface area contributed by atoms with E-state index < -0.39 is 4.33 Å². The Morgan fingerprint density at radius 1 is 1.00 bits per heavy atom. The summed E-state index contributed by atoms with van der Waals surface area (Å²) >= 11 is 12.5. The van der Waals surface area contributed by atoms with Crippen molar-refractivity contribution < 1.29 is 0 Å². The van der Waals surface area contributed by atoms with Crippen LogP contribution in [0.4, 0.5) is 0 Å². The van der Waals surface area contributed by atoms with E-state index in [9.17, 15) is 0 Å². The first-order valence-corrected chi connectivity index (χ1v) is 6.54. The first kappa shape index (κ1) is 8.70. The summed E-state index contributed by atoms with van der Waals surface area (Å²) in [6.45, 7) is 1.99. The van der Waals surface area contributed by atoms with Gasteiger partial charge >= 0.3 is 0 Å². The highest BCUT2D eigenvalue weighted by molar-refractivity contribution is 6.48. The fourth-order valence-corrected chi connectivity index (χ4v) is 5.34. The van der Waals surface area contributed by atoms with Gasteiger partial charge in [0.05, 0.1) is 0 Å². The number of rotatable bonds is 2.